The van der Waals surface area contributed by atoms with Gasteiger partial charge in [-0.1, -0.05) is 30.3 Å². The minimum Gasteiger partial charge on any atom is -0.497 e. The molecule has 23 heavy (non-hydrogen) atoms. The number of carbonyl (C=O) groups is 1. The number of ketones is 1. The zero-order valence-corrected chi connectivity index (χ0v) is 13.6. The molecule has 0 aliphatic carbocycles. The highest BCUT2D eigenvalue weighted by molar-refractivity contribution is 7.13. The predicted octanol–water partition coefficient (Wildman–Crippen LogP) is 4.06. The molecular formula is C18H15NO3S. The third kappa shape index (κ3) is 3.10. The maximum atomic E-state index is 12.7. The zero-order chi connectivity index (χ0) is 16.2. The van der Waals surface area contributed by atoms with Crippen LogP contribution in [0, 0.1) is 0 Å². The van der Waals surface area contributed by atoms with E-state index in [-0.39, 0.29) is 5.78 Å². The Morgan fingerprint density at radius 1 is 1.04 bits per heavy atom. The smallest absolute Gasteiger partial charge is 0.215 e. The highest BCUT2D eigenvalue weighted by Gasteiger charge is 2.18. The van der Waals surface area contributed by atoms with Gasteiger partial charge in [0.1, 0.15) is 22.2 Å². The predicted molar refractivity (Wildman–Crippen MR) is 90.5 cm³/mol. The van der Waals surface area contributed by atoms with Gasteiger partial charge in [0.2, 0.25) is 5.78 Å². The second-order valence-electron chi connectivity index (χ2n) is 4.80. The van der Waals surface area contributed by atoms with Crippen LogP contribution in [0.5, 0.6) is 11.5 Å². The molecule has 0 amide bonds. The lowest BCUT2D eigenvalue weighted by atomic mass is 10.1. The molecule has 0 saturated carbocycles. The molecule has 116 valence electrons. The molecule has 0 saturated heterocycles. The Morgan fingerprint density at radius 2 is 1.83 bits per heavy atom. The molecule has 0 unspecified atom stereocenters. The molecule has 0 bridgehead atoms. The molecule has 0 aliphatic rings. The van der Waals surface area contributed by atoms with E-state index in [4.69, 9.17) is 9.47 Å². The van der Waals surface area contributed by atoms with E-state index < -0.39 is 0 Å². The molecule has 0 N–H and O–H groups in total. The molecule has 0 spiro atoms. The second-order valence-corrected chi connectivity index (χ2v) is 5.66. The number of hydrogen-bond donors (Lipinski definition) is 0. The number of ether oxygens (including phenoxy) is 2. The summed E-state index contributed by atoms with van der Waals surface area (Å²) in [5.74, 6) is 0.952. The Morgan fingerprint density at radius 3 is 2.52 bits per heavy atom. The fourth-order valence-corrected chi connectivity index (χ4v) is 3.02. The fraction of sp³-hybridized carbons (Fsp3) is 0.111. The van der Waals surface area contributed by atoms with Gasteiger partial charge >= 0.3 is 0 Å². The number of hydrogen-bond acceptors (Lipinski definition) is 5. The summed E-state index contributed by atoms with van der Waals surface area (Å²) in [5.41, 5.74) is 1.88. The number of methoxy groups -OCH3 is 2. The van der Waals surface area contributed by atoms with Crippen LogP contribution in [0.2, 0.25) is 0 Å². The molecule has 0 radical (unpaired) electrons. The van der Waals surface area contributed by atoms with E-state index in [0.29, 0.717) is 22.8 Å². The molecule has 2 aromatic carbocycles. The van der Waals surface area contributed by atoms with Gasteiger partial charge < -0.3 is 9.47 Å². The first-order chi connectivity index (χ1) is 11.2. The van der Waals surface area contributed by atoms with Crippen molar-refractivity contribution in [2.24, 2.45) is 0 Å². The van der Waals surface area contributed by atoms with Crippen LogP contribution in [-0.2, 0) is 0 Å². The molecule has 3 rings (SSSR count). The average Bonchev–Trinajstić information content (AvgIpc) is 3.11. The van der Waals surface area contributed by atoms with Crippen molar-refractivity contribution < 1.29 is 14.3 Å². The Labute approximate surface area is 138 Å². The van der Waals surface area contributed by atoms with E-state index in [0.717, 1.165) is 10.6 Å². The van der Waals surface area contributed by atoms with Crippen molar-refractivity contribution in [1.82, 2.24) is 4.98 Å². The third-order valence-electron chi connectivity index (χ3n) is 3.41. The summed E-state index contributed by atoms with van der Waals surface area (Å²) >= 11 is 1.45. The van der Waals surface area contributed by atoms with Crippen LogP contribution in [-0.4, -0.2) is 25.0 Å². The van der Waals surface area contributed by atoms with E-state index in [9.17, 15) is 4.79 Å². The first-order valence-corrected chi connectivity index (χ1v) is 7.88. The van der Waals surface area contributed by atoms with Crippen molar-refractivity contribution in [3.63, 3.8) is 0 Å². The Bertz CT molecular complexity index is 827. The van der Waals surface area contributed by atoms with Crippen LogP contribution in [0.4, 0.5) is 0 Å². The van der Waals surface area contributed by atoms with Crippen LogP contribution in [0.25, 0.3) is 10.6 Å². The molecule has 1 aromatic heterocycles. The van der Waals surface area contributed by atoms with Crippen molar-refractivity contribution in [1.29, 1.82) is 0 Å². The normalized spacial score (nSPS) is 10.3. The van der Waals surface area contributed by atoms with Crippen molar-refractivity contribution >= 4 is 17.1 Å². The van der Waals surface area contributed by atoms with Crippen LogP contribution in [0.15, 0.2) is 53.9 Å². The number of rotatable bonds is 5. The lowest BCUT2D eigenvalue weighted by Crippen LogP contribution is -2.04. The minimum absolute atomic E-state index is 0.164. The number of aromatic nitrogens is 1. The summed E-state index contributed by atoms with van der Waals surface area (Å²) in [4.78, 5) is 17.2. The summed E-state index contributed by atoms with van der Waals surface area (Å²) in [6.07, 6.45) is 0. The Kier molecular flexibility index (Phi) is 4.39. The first-order valence-electron chi connectivity index (χ1n) is 7.00. The Balaban J connectivity index is 1.94. The van der Waals surface area contributed by atoms with Gasteiger partial charge in [-0.25, -0.2) is 4.98 Å². The molecule has 4 nitrogen and oxygen atoms in total. The molecule has 0 fully saturated rings. The standard InChI is InChI=1S/C18H15NO3S/c1-21-13-8-9-14(16(10-13)22-2)17(20)15-11-23-18(19-15)12-6-4-3-5-7-12/h3-11H,1-2H3. The van der Waals surface area contributed by atoms with Crippen molar-refractivity contribution in [3.05, 3.63) is 65.2 Å². The lowest BCUT2D eigenvalue weighted by Gasteiger charge is -2.08. The molecular weight excluding hydrogens is 310 g/mol. The molecule has 3 aromatic rings. The van der Waals surface area contributed by atoms with Gasteiger partial charge in [-0.05, 0) is 12.1 Å². The van der Waals surface area contributed by atoms with Crippen molar-refractivity contribution in [2.75, 3.05) is 14.2 Å². The topological polar surface area (TPSA) is 48.4 Å². The summed E-state index contributed by atoms with van der Waals surface area (Å²) < 4.78 is 10.5. The number of nitrogens with zero attached hydrogens (tertiary/aromatic N) is 1. The molecule has 0 atom stereocenters. The summed E-state index contributed by atoms with van der Waals surface area (Å²) in [6, 6.07) is 14.9. The van der Waals surface area contributed by atoms with E-state index in [2.05, 4.69) is 4.98 Å². The monoisotopic (exact) mass is 325 g/mol. The fourth-order valence-electron chi connectivity index (χ4n) is 2.22. The van der Waals surface area contributed by atoms with Crippen molar-refractivity contribution in [2.45, 2.75) is 0 Å². The van der Waals surface area contributed by atoms with Crippen LogP contribution in [0.3, 0.4) is 0 Å². The maximum Gasteiger partial charge on any atom is 0.215 e. The van der Waals surface area contributed by atoms with Gasteiger partial charge in [-0.3, -0.25) is 4.79 Å². The third-order valence-corrected chi connectivity index (χ3v) is 4.30. The van der Waals surface area contributed by atoms with Gasteiger partial charge in [0.15, 0.2) is 0 Å². The minimum atomic E-state index is -0.164. The van der Waals surface area contributed by atoms with Gasteiger partial charge in [-0.15, -0.1) is 11.3 Å². The maximum absolute atomic E-state index is 12.7. The molecule has 1 heterocycles. The van der Waals surface area contributed by atoms with Gasteiger partial charge in [0.25, 0.3) is 0 Å². The first kappa shape index (κ1) is 15.2. The van der Waals surface area contributed by atoms with E-state index in [1.54, 1.807) is 30.7 Å². The molecule has 5 heteroatoms. The largest absolute Gasteiger partial charge is 0.497 e. The van der Waals surface area contributed by atoms with Crippen LogP contribution >= 0.6 is 11.3 Å². The van der Waals surface area contributed by atoms with Crippen molar-refractivity contribution in [3.8, 4) is 22.1 Å². The van der Waals surface area contributed by atoms with E-state index in [1.165, 1.54) is 18.4 Å². The zero-order valence-electron chi connectivity index (χ0n) is 12.8. The van der Waals surface area contributed by atoms with E-state index in [1.807, 2.05) is 30.3 Å². The highest BCUT2D eigenvalue weighted by atomic mass is 32.1. The van der Waals surface area contributed by atoms with Gasteiger partial charge in [-0.2, -0.15) is 0 Å². The Hall–Kier alpha value is -2.66. The van der Waals surface area contributed by atoms with Gasteiger partial charge in [0.05, 0.1) is 19.8 Å². The summed E-state index contributed by atoms with van der Waals surface area (Å²) in [6.45, 7) is 0. The number of carbonyl (C=O) groups excluding carboxylic acids is 1. The number of benzene rings is 2. The van der Waals surface area contributed by atoms with Crippen LogP contribution < -0.4 is 9.47 Å². The summed E-state index contributed by atoms with van der Waals surface area (Å²) in [5, 5.41) is 2.59. The molecule has 0 aliphatic heterocycles. The number of thiazole rings is 1. The lowest BCUT2D eigenvalue weighted by molar-refractivity contribution is 0.103. The summed E-state index contributed by atoms with van der Waals surface area (Å²) in [7, 11) is 3.10. The highest BCUT2D eigenvalue weighted by Crippen LogP contribution is 2.29. The SMILES string of the molecule is COc1ccc(C(=O)c2csc(-c3ccccc3)n2)c(OC)c1. The average molecular weight is 325 g/mol. The van der Waals surface area contributed by atoms with Gasteiger partial charge in [0, 0.05) is 17.0 Å². The van der Waals surface area contributed by atoms with Crippen LogP contribution in [0.1, 0.15) is 16.1 Å². The second kappa shape index (κ2) is 6.62. The van der Waals surface area contributed by atoms with E-state index >= 15 is 0 Å². The quantitative estimate of drug-likeness (QED) is 0.664.